The van der Waals surface area contributed by atoms with E-state index < -0.39 is 0 Å². The van der Waals surface area contributed by atoms with Gasteiger partial charge in [0.25, 0.3) is 0 Å². The normalized spacial score (nSPS) is 19.8. The second kappa shape index (κ2) is 6.06. The fourth-order valence-corrected chi connectivity index (χ4v) is 2.37. The summed E-state index contributed by atoms with van der Waals surface area (Å²) in [5.74, 6) is 0.689. The van der Waals surface area contributed by atoms with Gasteiger partial charge >= 0.3 is 0 Å². The molecule has 3 heteroatoms. The standard InChI is InChI=1S/C13H23N3/c1-12(13-4-5-15-11-13)3-2-8-16-9-6-14-7-10-16/h4-5,11-12,14-15H,2-3,6-10H2,1H3. The Morgan fingerprint density at radius 1 is 1.38 bits per heavy atom. The smallest absolute Gasteiger partial charge is 0.0107 e. The monoisotopic (exact) mass is 221 g/mol. The van der Waals surface area contributed by atoms with Crippen LogP contribution >= 0.6 is 0 Å². The Bertz CT molecular complexity index is 275. The molecular formula is C13H23N3. The summed E-state index contributed by atoms with van der Waals surface area (Å²) in [6.07, 6.45) is 6.74. The lowest BCUT2D eigenvalue weighted by Crippen LogP contribution is -2.43. The van der Waals surface area contributed by atoms with E-state index in [-0.39, 0.29) is 0 Å². The maximum Gasteiger partial charge on any atom is 0.0107 e. The molecule has 90 valence electrons. The van der Waals surface area contributed by atoms with E-state index in [0.29, 0.717) is 5.92 Å². The molecule has 0 aliphatic carbocycles. The lowest BCUT2D eigenvalue weighted by atomic mass is 9.99. The van der Waals surface area contributed by atoms with Gasteiger partial charge in [0.1, 0.15) is 0 Å². The zero-order valence-corrected chi connectivity index (χ0v) is 10.2. The van der Waals surface area contributed by atoms with E-state index in [0.717, 1.165) is 13.1 Å². The molecule has 1 fully saturated rings. The van der Waals surface area contributed by atoms with Crippen molar-refractivity contribution in [3.05, 3.63) is 24.0 Å². The van der Waals surface area contributed by atoms with Gasteiger partial charge in [-0.3, -0.25) is 0 Å². The van der Waals surface area contributed by atoms with Crippen LogP contribution < -0.4 is 5.32 Å². The van der Waals surface area contributed by atoms with Gasteiger partial charge in [-0.1, -0.05) is 6.92 Å². The first kappa shape index (κ1) is 11.7. The van der Waals surface area contributed by atoms with Crippen molar-refractivity contribution < 1.29 is 0 Å². The van der Waals surface area contributed by atoms with Crippen LogP contribution in [0.25, 0.3) is 0 Å². The molecule has 0 aromatic carbocycles. The SMILES string of the molecule is CC(CCCN1CCNCC1)c1cc[nH]c1. The number of nitrogens with one attached hydrogen (secondary N) is 2. The maximum absolute atomic E-state index is 3.39. The summed E-state index contributed by atoms with van der Waals surface area (Å²) in [6, 6.07) is 2.19. The number of hydrogen-bond acceptors (Lipinski definition) is 2. The molecule has 1 aliphatic heterocycles. The van der Waals surface area contributed by atoms with E-state index in [1.165, 1.54) is 38.0 Å². The third kappa shape index (κ3) is 3.35. The topological polar surface area (TPSA) is 31.1 Å². The first-order valence-corrected chi connectivity index (χ1v) is 6.42. The number of aromatic amines is 1. The molecular weight excluding hydrogens is 198 g/mol. The van der Waals surface area contributed by atoms with E-state index in [4.69, 9.17) is 0 Å². The third-order valence-electron chi connectivity index (χ3n) is 3.51. The van der Waals surface area contributed by atoms with Gasteiger partial charge < -0.3 is 15.2 Å². The highest BCUT2D eigenvalue weighted by molar-refractivity contribution is 5.13. The van der Waals surface area contributed by atoms with Crippen LogP contribution in [-0.4, -0.2) is 42.6 Å². The number of rotatable bonds is 5. The summed E-state index contributed by atoms with van der Waals surface area (Å²) in [5.41, 5.74) is 1.44. The van der Waals surface area contributed by atoms with E-state index in [9.17, 15) is 0 Å². The molecule has 0 spiro atoms. The highest BCUT2D eigenvalue weighted by atomic mass is 15.2. The largest absolute Gasteiger partial charge is 0.367 e. The summed E-state index contributed by atoms with van der Waals surface area (Å²) < 4.78 is 0. The highest BCUT2D eigenvalue weighted by Gasteiger charge is 2.10. The van der Waals surface area contributed by atoms with Crippen LogP contribution in [0.2, 0.25) is 0 Å². The summed E-state index contributed by atoms with van der Waals surface area (Å²) >= 11 is 0. The van der Waals surface area contributed by atoms with Crippen LogP contribution in [-0.2, 0) is 0 Å². The predicted molar refractivity (Wildman–Crippen MR) is 67.8 cm³/mol. The Hall–Kier alpha value is -0.800. The Kier molecular flexibility index (Phi) is 4.43. The van der Waals surface area contributed by atoms with Gasteiger partial charge in [-0.15, -0.1) is 0 Å². The summed E-state index contributed by atoms with van der Waals surface area (Å²) in [7, 11) is 0. The van der Waals surface area contributed by atoms with Crippen LogP contribution in [0.1, 0.15) is 31.2 Å². The second-order valence-electron chi connectivity index (χ2n) is 4.78. The zero-order valence-electron chi connectivity index (χ0n) is 10.2. The number of hydrogen-bond donors (Lipinski definition) is 2. The predicted octanol–water partition coefficient (Wildman–Crippen LogP) is 1.80. The number of aromatic nitrogens is 1. The average molecular weight is 221 g/mol. The molecule has 0 amide bonds. The van der Waals surface area contributed by atoms with Crippen molar-refractivity contribution in [2.24, 2.45) is 0 Å². The van der Waals surface area contributed by atoms with Gasteiger partial charge in [-0.2, -0.15) is 0 Å². The fraction of sp³-hybridized carbons (Fsp3) is 0.692. The Morgan fingerprint density at radius 3 is 2.88 bits per heavy atom. The number of nitrogens with zero attached hydrogens (tertiary/aromatic N) is 1. The van der Waals surface area contributed by atoms with Gasteiger partial charge in [0.2, 0.25) is 0 Å². The average Bonchev–Trinajstić information content (AvgIpc) is 2.84. The minimum atomic E-state index is 0.689. The van der Waals surface area contributed by atoms with Crippen molar-refractivity contribution in [3.63, 3.8) is 0 Å². The van der Waals surface area contributed by atoms with Gasteiger partial charge in [0.05, 0.1) is 0 Å². The number of H-pyrrole nitrogens is 1. The van der Waals surface area contributed by atoms with Crippen molar-refractivity contribution in [3.8, 4) is 0 Å². The fourth-order valence-electron chi connectivity index (χ4n) is 2.37. The molecule has 0 bridgehead atoms. The second-order valence-corrected chi connectivity index (χ2v) is 4.78. The molecule has 1 unspecified atom stereocenters. The van der Waals surface area contributed by atoms with Crippen LogP contribution in [0.15, 0.2) is 18.5 Å². The van der Waals surface area contributed by atoms with Gasteiger partial charge in [0.15, 0.2) is 0 Å². The van der Waals surface area contributed by atoms with Crippen LogP contribution in [0.4, 0.5) is 0 Å². The van der Waals surface area contributed by atoms with Crippen LogP contribution in [0, 0.1) is 0 Å². The van der Waals surface area contributed by atoms with E-state index in [1.807, 2.05) is 6.20 Å². The molecule has 0 radical (unpaired) electrons. The van der Waals surface area contributed by atoms with Crippen molar-refractivity contribution in [1.29, 1.82) is 0 Å². The van der Waals surface area contributed by atoms with Crippen LogP contribution in [0.5, 0.6) is 0 Å². The molecule has 0 saturated carbocycles. The first-order valence-electron chi connectivity index (χ1n) is 6.42. The van der Waals surface area contributed by atoms with E-state index in [2.05, 4.69) is 34.4 Å². The summed E-state index contributed by atoms with van der Waals surface area (Å²) in [4.78, 5) is 5.70. The summed E-state index contributed by atoms with van der Waals surface area (Å²) in [5, 5.41) is 3.39. The quantitative estimate of drug-likeness (QED) is 0.794. The highest BCUT2D eigenvalue weighted by Crippen LogP contribution is 2.19. The van der Waals surface area contributed by atoms with Crippen molar-refractivity contribution in [2.75, 3.05) is 32.7 Å². The molecule has 1 aromatic rings. The van der Waals surface area contributed by atoms with Crippen LogP contribution in [0.3, 0.4) is 0 Å². The Balaban J connectivity index is 1.63. The van der Waals surface area contributed by atoms with Gasteiger partial charge in [-0.05, 0) is 36.9 Å². The van der Waals surface area contributed by atoms with E-state index in [1.54, 1.807) is 0 Å². The maximum atomic E-state index is 3.39. The lowest BCUT2D eigenvalue weighted by Gasteiger charge is -2.27. The molecule has 2 N–H and O–H groups in total. The minimum absolute atomic E-state index is 0.689. The first-order chi connectivity index (χ1) is 7.86. The lowest BCUT2D eigenvalue weighted by molar-refractivity contribution is 0.235. The Labute approximate surface area is 98.2 Å². The molecule has 2 heterocycles. The molecule has 2 rings (SSSR count). The van der Waals surface area contributed by atoms with Crippen molar-refractivity contribution in [1.82, 2.24) is 15.2 Å². The van der Waals surface area contributed by atoms with Crippen molar-refractivity contribution in [2.45, 2.75) is 25.7 Å². The van der Waals surface area contributed by atoms with Crippen molar-refractivity contribution >= 4 is 0 Å². The molecule has 1 aromatic heterocycles. The zero-order chi connectivity index (χ0) is 11.2. The van der Waals surface area contributed by atoms with Gasteiger partial charge in [-0.25, -0.2) is 0 Å². The molecule has 3 nitrogen and oxygen atoms in total. The van der Waals surface area contributed by atoms with E-state index >= 15 is 0 Å². The number of piperazine rings is 1. The molecule has 16 heavy (non-hydrogen) atoms. The van der Waals surface area contributed by atoms with Gasteiger partial charge in [0, 0.05) is 38.6 Å². The third-order valence-corrected chi connectivity index (χ3v) is 3.51. The molecule has 1 saturated heterocycles. The summed E-state index contributed by atoms with van der Waals surface area (Å²) in [6.45, 7) is 8.34. The molecule has 1 atom stereocenters. The Morgan fingerprint density at radius 2 is 2.19 bits per heavy atom. The minimum Gasteiger partial charge on any atom is -0.367 e. The molecule has 1 aliphatic rings.